The molecular formula is C13H11BrCl2N2. The lowest BCUT2D eigenvalue weighted by Gasteiger charge is -2.08. The summed E-state index contributed by atoms with van der Waals surface area (Å²) in [4.78, 5) is 4.22. The highest BCUT2D eigenvalue weighted by atomic mass is 79.9. The van der Waals surface area contributed by atoms with Gasteiger partial charge in [0.25, 0.3) is 0 Å². The van der Waals surface area contributed by atoms with Gasteiger partial charge in [-0.3, -0.25) is 0 Å². The summed E-state index contributed by atoms with van der Waals surface area (Å²) in [5, 5.41) is 3.80. The molecule has 0 bridgehead atoms. The van der Waals surface area contributed by atoms with E-state index in [1.807, 2.05) is 30.3 Å². The summed E-state index contributed by atoms with van der Waals surface area (Å²) in [6, 6.07) is 9.92. The minimum atomic E-state index is 0.536. The zero-order valence-corrected chi connectivity index (χ0v) is 12.6. The molecule has 0 radical (unpaired) electrons. The molecule has 0 fully saturated rings. The maximum atomic E-state index is 6.07. The third kappa shape index (κ3) is 3.61. The van der Waals surface area contributed by atoms with Crippen molar-refractivity contribution in [3.05, 3.63) is 57.2 Å². The van der Waals surface area contributed by atoms with Gasteiger partial charge in [0.15, 0.2) is 0 Å². The SMILES string of the molecule is ClCc1ccc(CNc2ncc(Br)cc2Cl)cc1. The van der Waals surface area contributed by atoms with E-state index in [1.165, 1.54) is 0 Å². The highest BCUT2D eigenvalue weighted by molar-refractivity contribution is 9.10. The Morgan fingerprint density at radius 3 is 2.44 bits per heavy atom. The van der Waals surface area contributed by atoms with Gasteiger partial charge in [-0.1, -0.05) is 35.9 Å². The molecule has 1 aromatic carbocycles. The Bertz CT molecular complexity index is 529. The average molecular weight is 346 g/mol. The number of benzene rings is 1. The molecule has 0 saturated carbocycles. The topological polar surface area (TPSA) is 24.9 Å². The summed E-state index contributed by atoms with van der Waals surface area (Å²) in [6.45, 7) is 0.677. The molecule has 0 atom stereocenters. The lowest BCUT2D eigenvalue weighted by molar-refractivity contribution is 1.10. The van der Waals surface area contributed by atoms with Crippen molar-refractivity contribution in [1.82, 2.24) is 4.98 Å². The maximum Gasteiger partial charge on any atom is 0.145 e. The van der Waals surface area contributed by atoms with Crippen LogP contribution >= 0.6 is 39.1 Å². The fourth-order valence-electron chi connectivity index (χ4n) is 1.48. The van der Waals surface area contributed by atoms with Crippen molar-refractivity contribution in [3.63, 3.8) is 0 Å². The van der Waals surface area contributed by atoms with E-state index < -0.39 is 0 Å². The number of nitrogens with zero attached hydrogens (tertiary/aromatic N) is 1. The molecule has 94 valence electrons. The minimum absolute atomic E-state index is 0.536. The molecule has 1 heterocycles. The largest absolute Gasteiger partial charge is 0.365 e. The summed E-state index contributed by atoms with van der Waals surface area (Å²) in [7, 11) is 0. The van der Waals surface area contributed by atoms with Gasteiger partial charge >= 0.3 is 0 Å². The van der Waals surface area contributed by atoms with Crippen molar-refractivity contribution in [2.75, 3.05) is 5.32 Å². The van der Waals surface area contributed by atoms with Crippen molar-refractivity contribution in [3.8, 4) is 0 Å². The number of alkyl halides is 1. The lowest BCUT2D eigenvalue weighted by Crippen LogP contribution is -2.01. The van der Waals surface area contributed by atoms with E-state index in [0.717, 1.165) is 15.6 Å². The molecule has 2 rings (SSSR count). The van der Waals surface area contributed by atoms with Crippen molar-refractivity contribution in [1.29, 1.82) is 0 Å². The third-order valence-electron chi connectivity index (χ3n) is 2.45. The molecule has 0 amide bonds. The van der Waals surface area contributed by atoms with Crippen LogP contribution in [0.3, 0.4) is 0 Å². The Hall–Kier alpha value is -0.770. The van der Waals surface area contributed by atoms with Crippen molar-refractivity contribution in [2.24, 2.45) is 0 Å². The van der Waals surface area contributed by atoms with Crippen LogP contribution in [0, 0.1) is 0 Å². The molecule has 0 unspecified atom stereocenters. The van der Waals surface area contributed by atoms with Crippen LogP contribution in [0.1, 0.15) is 11.1 Å². The van der Waals surface area contributed by atoms with Gasteiger partial charge in [0.05, 0.1) is 5.02 Å². The zero-order chi connectivity index (χ0) is 13.0. The van der Waals surface area contributed by atoms with Gasteiger partial charge in [-0.15, -0.1) is 11.6 Å². The molecule has 2 nitrogen and oxygen atoms in total. The Labute approximate surface area is 124 Å². The normalized spacial score (nSPS) is 10.4. The average Bonchev–Trinajstić information content (AvgIpc) is 2.38. The quantitative estimate of drug-likeness (QED) is 0.801. The van der Waals surface area contributed by atoms with Gasteiger partial charge in [0, 0.05) is 23.1 Å². The zero-order valence-electron chi connectivity index (χ0n) is 9.46. The number of halogens is 3. The van der Waals surface area contributed by atoms with E-state index in [4.69, 9.17) is 23.2 Å². The van der Waals surface area contributed by atoms with E-state index in [2.05, 4.69) is 26.2 Å². The van der Waals surface area contributed by atoms with Gasteiger partial charge in [0.1, 0.15) is 5.82 Å². The number of anilines is 1. The molecule has 0 spiro atoms. The molecule has 0 aliphatic rings. The summed E-state index contributed by atoms with van der Waals surface area (Å²) in [5.41, 5.74) is 2.27. The molecule has 5 heteroatoms. The smallest absolute Gasteiger partial charge is 0.145 e. The standard InChI is InChI=1S/C13H11BrCl2N2/c14-11-5-12(16)13(18-8-11)17-7-10-3-1-9(6-15)2-4-10/h1-5,8H,6-7H2,(H,17,18). The molecular weight excluding hydrogens is 335 g/mol. The molecule has 0 saturated heterocycles. The first-order valence-corrected chi connectivity index (χ1v) is 7.08. The number of pyridine rings is 1. The second-order valence-corrected chi connectivity index (χ2v) is 5.38. The molecule has 2 aromatic rings. The summed E-state index contributed by atoms with van der Waals surface area (Å²) in [6.07, 6.45) is 1.71. The first-order valence-electron chi connectivity index (χ1n) is 5.38. The van der Waals surface area contributed by atoms with Crippen LogP contribution in [-0.2, 0) is 12.4 Å². The van der Waals surface area contributed by atoms with E-state index in [1.54, 1.807) is 6.20 Å². The Morgan fingerprint density at radius 2 is 1.83 bits per heavy atom. The van der Waals surface area contributed by atoms with Crippen LogP contribution in [0.5, 0.6) is 0 Å². The highest BCUT2D eigenvalue weighted by Crippen LogP contribution is 2.23. The van der Waals surface area contributed by atoms with E-state index in [-0.39, 0.29) is 0 Å². The Balaban J connectivity index is 2.02. The number of nitrogens with one attached hydrogen (secondary N) is 1. The second kappa shape index (κ2) is 6.41. The van der Waals surface area contributed by atoms with Crippen molar-refractivity contribution in [2.45, 2.75) is 12.4 Å². The summed E-state index contributed by atoms with van der Waals surface area (Å²) in [5.74, 6) is 1.22. The predicted molar refractivity (Wildman–Crippen MR) is 80.3 cm³/mol. The van der Waals surface area contributed by atoms with Gasteiger partial charge < -0.3 is 5.32 Å². The van der Waals surface area contributed by atoms with Gasteiger partial charge in [0.2, 0.25) is 0 Å². The summed E-state index contributed by atoms with van der Waals surface area (Å²) >= 11 is 15.1. The number of hydrogen-bond acceptors (Lipinski definition) is 2. The molecule has 1 N–H and O–H groups in total. The Morgan fingerprint density at radius 1 is 1.17 bits per heavy atom. The van der Waals surface area contributed by atoms with Crippen LogP contribution in [0.15, 0.2) is 41.0 Å². The molecule has 0 aliphatic heterocycles. The second-order valence-electron chi connectivity index (χ2n) is 3.79. The monoisotopic (exact) mass is 344 g/mol. The molecule has 1 aromatic heterocycles. The van der Waals surface area contributed by atoms with E-state index in [0.29, 0.717) is 23.3 Å². The lowest BCUT2D eigenvalue weighted by atomic mass is 10.1. The van der Waals surface area contributed by atoms with Crippen LogP contribution in [-0.4, -0.2) is 4.98 Å². The van der Waals surface area contributed by atoms with Crippen LogP contribution in [0.25, 0.3) is 0 Å². The van der Waals surface area contributed by atoms with Crippen molar-refractivity contribution >= 4 is 44.9 Å². The first-order chi connectivity index (χ1) is 8.69. The fraction of sp³-hybridized carbons (Fsp3) is 0.154. The van der Waals surface area contributed by atoms with Crippen LogP contribution < -0.4 is 5.32 Å². The number of aromatic nitrogens is 1. The fourth-order valence-corrected chi connectivity index (χ4v) is 2.35. The van der Waals surface area contributed by atoms with Gasteiger partial charge in [-0.2, -0.15) is 0 Å². The van der Waals surface area contributed by atoms with Gasteiger partial charge in [-0.25, -0.2) is 4.98 Å². The van der Waals surface area contributed by atoms with Crippen LogP contribution in [0.4, 0.5) is 5.82 Å². The maximum absolute atomic E-state index is 6.07. The minimum Gasteiger partial charge on any atom is -0.365 e. The summed E-state index contributed by atoms with van der Waals surface area (Å²) < 4.78 is 0.865. The van der Waals surface area contributed by atoms with Gasteiger partial charge in [-0.05, 0) is 33.1 Å². The predicted octanol–water partition coefficient (Wildman–Crippen LogP) is 4.85. The molecule has 18 heavy (non-hydrogen) atoms. The first kappa shape index (κ1) is 13.7. The number of hydrogen-bond donors (Lipinski definition) is 1. The highest BCUT2D eigenvalue weighted by Gasteiger charge is 2.02. The molecule has 0 aliphatic carbocycles. The van der Waals surface area contributed by atoms with Crippen molar-refractivity contribution < 1.29 is 0 Å². The van der Waals surface area contributed by atoms with E-state index in [9.17, 15) is 0 Å². The Kier molecular flexibility index (Phi) is 4.87. The van der Waals surface area contributed by atoms with E-state index >= 15 is 0 Å². The van der Waals surface area contributed by atoms with Crippen LogP contribution in [0.2, 0.25) is 5.02 Å². The number of rotatable bonds is 4. The third-order valence-corrected chi connectivity index (χ3v) is 3.48.